The SMILES string of the molecule is CCn1ncc2c(NC3CCOCC3)c(C(=O)NC3CCN(C(=O)CC(C)(C)C)CC3)cnc21. The lowest BCUT2D eigenvalue weighted by atomic mass is 9.91. The Labute approximate surface area is 201 Å². The Kier molecular flexibility index (Phi) is 7.40. The summed E-state index contributed by atoms with van der Waals surface area (Å²) < 4.78 is 7.34. The number of hydrogen-bond donors (Lipinski definition) is 2. The summed E-state index contributed by atoms with van der Waals surface area (Å²) in [5.74, 6) is 0.0653. The number of nitrogens with zero attached hydrogens (tertiary/aromatic N) is 4. The number of aromatic nitrogens is 3. The van der Waals surface area contributed by atoms with Crippen molar-refractivity contribution in [3.8, 4) is 0 Å². The van der Waals surface area contributed by atoms with E-state index in [9.17, 15) is 9.59 Å². The number of fused-ring (bicyclic) bond motifs is 1. The molecule has 2 N–H and O–H groups in total. The van der Waals surface area contributed by atoms with Gasteiger partial charge >= 0.3 is 0 Å². The molecule has 2 saturated heterocycles. The molecule has 0 radical (unpaired) electrons. The number of nitrogens with one attached hydrogen (secondary N) is 2. The molecule has 0 aromatic carbocycles. The van der Waals surface area contributed by atoms with E-state index in [2.05, 4.69) is 41.5 Å². The summed E-state index contributed by atoms with van der Waals surface area (Å²) in [4.78, 5) is 32.4. The van der Waals surface area contributed by atoms with Gasteiger partial charge in [0.1, 0.15) is 0 Å². The van der Waals surface area contributed by atoms with Gasteiger partial charge in [-0.3, -0.25) is 9.59 Å². The zero-order valence-electron chi connectivity index (χ0n) is 20.9. The summed E-state index contributed by atoms with van der Waals surface area (Å²) in [6.45, 7) is 11.8. The lowest BCUT2D eigenvalue weighted by molar-refractivity contribution is -0.134. The van der Waals surface area contributed by atoms with E-state index in [1.807, 2.05) is 16.5 Å². The molecule has 2 aromatic heterocycles. The van der Waals surface area contributed by atoms with Crippen LogP contribution in [0, 0.1) is 5.41 Å². The average molecular weight is 471 g/mol. The van der Waals surface area contributed by atoms with E-state index in [4.69, 9.17) is 4.74 Å². The van der Waals surface area contributed by atoms with Gasteiger partial charge in [-0.25, -0.2) is 9.67 Å². The van der Waals surface area contributed by atoms with E-state index in [1.54, 1.807) is 12.4 Å². The number of anilines is 1. The van der Waals surface area contributed by atoms with Crippen molar-refractivity contribution in [3.63, 3.8) is 0 Å². The summed E-state index contributed by atoms with van der Waals surface area (Å²) >= 11 is 0. The largest absolute Gasteiger partial charge is 0.381 e. The predicted octanol–water partition coefficient (Wildman–Crippen LogP) is 3.20. The van der Waals surface area contributed by atoms with Crippen molar-refractivity contribution in [1.82, 2.24) is 25.0 Å². The highest BCUT2D eigenvalue weighted by molar-refractivity contribution is 6.06. The number of ether oxygens (including phenoxy) is 1. The number of piperidine rings is 1. The third kappa shape index (κ3) is 5.68. The third-order valence-electron chi connectivity index (χ3n) is 6.64. The molecule has 0 spiro atoms. The molecule has 2 aliphatic rings. The highest BCUT2D eigenvalue weighted by Gasteiger charge is 2.28. The number of rotatable bonds is 6. The first-order valence-corrected chi connectivity index (χ1v) is 12.5. The van der Waals surface area contributed by atoms with Crippen LogP contribution < -0.4 is 10.6 Å². The zero-order valence-corrected chi connectivity index (χ0v) is 20.9. The first kappa shape index (κ1) is 24.4. The Hall–Kier alpha value is -2.68. The number of amides is 2. The van der Waals surface area contributed by atoms with Crippen molar-refractivity contribution in [2.24, 2.45) is 5.41 Å². The van der Waals surface area contributed by atoms with Crippen molar-refractivity contribution >= 4 is 28.5 Å². The second-order valence-corrected chi connectivity index (χ2v) is 10.6. The fraction of sp³-hybridized carbons (Fsp3) is 0.680. The molecule has 4 rings (SSSR count). The fourth-order valence-electron chi connectivity index (χ4n) is 4.73. The van der Waals surface area contributed by atoms with Crippen LogP contribution >= 0.6 is 0 Å². The zero-order chi connectivity index (χ0) is 24.3. The minimum Gasteiger partial charge on any atom is -0.381 e. The van der Waals surface area contributed by atoms with Gasteiger partial charge in [0.25, 0.3) is 5.91 Å². The average Bonchev–Trinajstić information content (AvgIpc) is 3.23. The van der Waals surface area contributed by atoms with Crippen LogP contribution in [0.25, 0.3) is 11.0 Å². The smallest absolute Gasteiger partial charge is 0.255 e. The maximum absolute atomic E-state index is 13.4. The second kappa shape index (κ2) is 10.3. The normalized spacial score (nSPS) is 18.3. The molecule has 34 heavy (non-hydrogen) atoms. The van der Waals surface area contributed by atoms with E-state index < -0.39 is 0 Å². The summed E-state index contributed by atoms with van der Waals surface area (Å²) in [7, 11) is 0. The first-order chi connectivity index (χ1) is 16.2. The van der Waals surface area contributed by atoms with Gasteiger partial charge in [0, 0.05) is 57.5 Å². The van der Waals surface area contributed by atoms with Crippen molar-refractivity contribution < 1.29 is 14.3 Å². The van der Waals surface area contributed by atoms with Gasteiger partial charge < -0.3 is 20.3 Å². The maximum atomic E-state index is 13.4. The van der Waals surface area contributed by atoms with Gasteiger partial charge in [-0.15, -0.1) is 0 Å². The van der Waals surface area contributed by atoms with Gasteiger partial charge in [0.05, 0.1) is 22.8 Å². The standard InChI is InChI=1S/C25H38N6O3/c1-5-31-23-19(16-27-31)22(28-18-8-12-34-13-9-18)20(15-26-23)24(33)29-17-6-10-30(11-7-17)21(32)14-25(2,3)4/h15-18H,5-14H2,1-4H3,(H,26,28)(H,29,33). The second-order valence-electron chi connectivity index (χ2n) is 10.6. The number of carbonyl (C=O) groups is 2. The van der Waals surface area contributed by atoms with Crippen molar-refractivity contribution in [2.75, 3.05) is 31.6 Å². The molecule has 2 amide bonds. The van der Waals surface area contributed by atoms with Crippen LogP contribution in [0.15, 0.2) is 12.4 Å². The van der Waals surface area contributed by atoms with Gasteiger partial charge in [-0.1, -0.05) is 20.8 Å². The van der Waals surface area contributed by atoms with E-state index in [-0.39, 0.29) is 29.3 Å². The Morgan fingerprint density at radius 1 is 1.09 bits per heavy atom. The van der Waals surface area contributed by atoms with Crippen LogP contribution in [-0.4, -0.2) is 69.9 Å². The quantitative estimate of drug-likeness (QED) is 0.672. The number of hydrogen-bond acceptors (Lipinski definition) is 6. The molecular formula is C25H38N6O3. The Balaban J connectivity index is 1.47. The van der Waals surface area contributed by atoms with Crippen molar-refractivity contribution in [1.29, 1.82) is 0 Å². The third-order valence-corrected chi connectivity index (χ3v) is 6.64. The topological polar surface area (TPSA) is 101 Å². The van der Waals surface area contributed by atoms with Crippen LogP contribution in [0.5, 0.6) is 0 Å². The van der Waals surface area contributed by atoms with Gasteiger partial charge in [0.15, 0.2) is 5.65 Å². The van der Waals surface area contributed by atoms with Crippen LogP contribution in [0.1, 0.15) is 70.2 Å². The molecule has 0 unspecified atom stereocenters. The minimum atomic E-state index is -0.132. The van der Waals surface area contributed by atoms with Gasteiger partial charge in [-0.05, 0) is 38.0 Å². The fourth-order valence-corrected chi connectivity index (χ4v) is 4.73. The van der Waals surface area contributed by atoms with Gasteiger partial charge in [0.2, 0.25) is 5.91 Å². The number of likely N-dealkylation sites (tertiary alicyclic amines) is 1. The lowest BCUT2D eigenvalue weighted by Gasteiger charge is -2.34. The van der Waals surface area contributed by atoms with Crippen molar-refractivity contribution in [3.05, 3.63) is 18.0 Å². The van der Waals surface area contributed by atoms with Crippen molar-refractivity contribution in [2.45, 2.75) is 78.4 Å². The molecule has 2 aliphatic heterocycles. The van der Waals surface area contributed by atoms with E-state index >= 15 is 0 Å². The minimum absolute atomic E-state index is 0.0206. The number of pyridine rings is 1. The summed E-state index contributed by atoms with van der Waals surface area (Å²) in [6.07, 6.45) is 7.31. The molecule has 9 heteroatoms. The van der Waals surface area contributed by atoms with E-state index in [0.717, 1.165) is 42.4 Å². The summed E-state index contributed by atoms with van der Waals surface area (Å²) in [5, 5.41) is 12.1. The molecule has 0 bridgehead atoms. The summed E-state index contributed by atoms with van der Waals surface area (Å²) in [5.41, 5.74) is 2.10. The highest BCUT2D eigenvalue weighted by atomic mass is 16.5. The highest BCUT2D eigenvalue weighted by Crippen LogP contribution is 2.29. The molecular weight excluding hydrogens is 432 g/mol. The molecule has 0 saturated carbocycles. The molecule has 186 valence electrons. The van der Waals surface area contributed by atoms with Crippen LogP contribution in [0.2, 0.25) is 0 Å². The Morgan fingerprint density at radius 2 is 1.79 bits per heavy atom. The van der Waals surface area contributed by atoms with Crippen LogP contribution in [0.4, 0.5) is 5.69 Å². The summed E-state index contributed by atoms with van der Waals surface area (Å²) in [6, 6.07) is 0.282. The molecule has 9 nitrogen and oxygen atoms in total. The lowest BCUT2D eigenvalue weighted by Crippen LogP contribution is -2.47. The molecule has 2 aromatic rings. The van der Waals surface area contributed by atoms with E-state index in [0.29, 0.717) is 44.8 Å². The van der Waals surface area contributed by atoms with Crippen LogP contribution in [-0.2, 0) is 16.1 Å². The monoisotopic (exact) mass is 470 g/mol. The molecule has 0 atom stereocenters. The number of aryl methyl sites for hydroxylation is 1. The Bertz CT molecular complexity index is 1010. The molecule has 4 heterocycles. The van der Waals surface area contributed by atoms with E-state index in [1.165, 1.54) is 0 Å². The molecule has 0 aliphatic carbocycles. The predicted molar refractivity (Wildman–Crippen MR) is 132 cm³/mol. The molecule has 2 fully saturated rings. The maximum Gasteiger partial charge on any atom is 0.255 e. The van der Waals surface area contributed by atoms with Gasteiger partial charge in [-0.2, -0.15) is 5.10 Å². The van der Waals surface area contributed by atoms with Crippen LogP contribution in [0.3, 0.4) is 0 Å². The first-order valence-electron chi connectivity index (χ1n) is 12.5. The number of carbonyl (C=O) groups excluding carboxylic acids is 2. The Morgan fingerprint density at radius 3 is 2.44 bits per heavy atom.